The van der Waals surface area contributed by atoms with Crippen LogP contribution in [0.4, 0.5) is 0 Å². The average molecular weight is 441 g/mol. The van der Waals surface area contributed by atoms with Gasteiger partial charge in [0.15, 0.2) is 0 Å². The molecule has 1 saturated heterocycles. The summed E-state index contributed by atoms with van der Waals surface area (Å²) in [5.41, 5.74) is -1.75. The van der Waals surface area contributed by atoms with E-state index >= 15 is 0 Å². The van der Waals surface area contributed by atoms with Crippen molar-refractivity contribution >= 4 is 23.5 Å². The monoisotopic (exact) mass is 440 g/mol. The van der Waals surface area contributed by atoms with Crippen molar-refractivity contribution in [3.05, 3.63) is 0 Å². The summed E-state index contributed by atoms with van der Waals surface area (Å²) < 4.78 is 15.2. The van der Waals surface area contributed by atoms with Crippen molar-refractivity contribution in [1.29, 1.82) is 0 Å². The lowest BCUT2D eigenvalue weighted by Crippen LogP contribution is -2.49. The van der Waals surface area contributed by atoms with Gasteiger partial charge in [-0.05, 0) is 13.3 Å². The van der Waals surface area contributed by atoms with Gasteiger partial charge in [-0.1, -0.05) is 84.0 Å². The first-order valence-corrected chi connectivity index (χ1v) is 11.9. The number of rotatable bonds is 18. The van der Waals surface area contributed by atoms with Crippen LogP contribution in [0, 0.1) is 0 Å². The first kappa shape index (κ1) is 27.3. The zero-order valence-electron chi connectivity index (χ0n) is 19.5. The third kappa shape index (κ3) is 9.50. The molecule has 0 aliphatic carbocycles. The molecule has 7 nitrogen and oxygen atoms in total. The number of cyclic esters (lactones) is 1. The largest absolute Gasteiger partial charge is 0.463 e. The highest BCUT2D eigenvalue weighted by Gasteiger charge is 2.57. The molecule has 2 atom stereocenters. The van der Waals surface area contributed by atoms with E-state index in [1.54, 1.807) is 0 Å². The molecule has 1 fully saturated rings. The second-order valence-corrected chi connectivity index (χ2v) is 8.55. The first-order valence-electron chi connectivity index (χ1n) is 11.9. The number of carbonyl (C=O) groups excluding carboxylic acids is 4. The summed E-state index contributed by atoms with van der Waals surface area (Å²) >= 11 is 0. The Bertz CT molecular complexity index is 586. The van der Waals surface area contributed by atoms with Crippen LogP contribution in [0.15, 0.2) is 0 Å². The predicted octanol–water partition coefficient (Wildman–Crippen LogP) is 4.48. The normalized spacial score (nSPS) is 19.5. The molecule has 0 aromatic carbocycles. The summed E-state index contributed by atoms with van der Waals surface area (Å²) in [6, 6.07) is 0. The van der Waals surface area contributed by atoms with Gasteiger partial charge in [0, 0.05) is 13.5 Å². The van der Waals surface area contributed by atoms with Crippen LogP contribution in [-0.2, 0) is 33.4 Å². The van der Waals surface area contributed by atoms with E-state index in [4.69, 9.17) is 14.2 Å². The van der Waals surface area contributed by atoms with Crippen molar-refractivity contribution in [1.82, 2.24) is 0 Å². The third-order valence-electron chi connectivity index (χ3n) is 5.93. The van der Waals surface area contributed by atoms with Crippen molar-refractivity contribution in [2.45, 2.75) is 115 Å². The second-order valence-electron chi connectivity index (χ2n) is 8.55. The van der Waals surface area contributed by atoms with E-state index in [9.17, 15) is 19.2 Å². The summed E-state index contributed by atoms with van der Waals surface area (Å²) in [4.78, 5) is 46.7. The highest BCUT2D eigenvalue weighted by atomic mass is 16.6. The molecule has 31 heavy (non-hydrogen) atoms. The lowest BCUT2D eigenvalue weighted by Gasteiger charge is -2.28. The molecule has 0 unspecified atom stereocenters. The summed E-state index contributed by atoms with van der Waals surface area (Å²) in [5, 5.41) is 0. The van der Waals surface area contributed by atoms with Gasteiger partial charge in [0.1, 0.15) is 12.7 Å². The number of carbonyl (C=O) groups is 4. The van der Waals surface area contributed by atoms with Gasteiger partial charge in [-0.3, -0.25) is 14.4 Å². The van der Waals surface area contributed by atoms with Crippen LogP contribution in [-0.4, -0.2) is 48.9 Å². The maximum Gasteiger partial charge on any atom is 0.384 e. The fraction of sp³-hybridized carbons (Fsp3) is 0.833. The standard InChI is InChI=1S/C24H40O7/c1-4-5-6-7-8-9-10-11-12-13-14-15-16-17-20(25)30-18-19(29-3)24(2)22(27)21(26)23(28)31-24/h19H,4-18H2,1-3H3/t19-,24+/m0/s1. The van der Waals surface area contributed by atoms with Gasteiger partial charge in [0.25, 0.3) is 5.78 Å². The zero-order chi connectivity index (χ0) is 23.1. The molecule has 1 rings (SSSR count). The van der Waals surface area contributed by atoms with E-state index in [0.717, 1.165) is 19.3 Å². The van der Waals surface area contributed by atoms with Crippen molar-refractivity contribution in [2.75, 3.05) is 13.7 Å². The highest BCUT2D eigenvalue weighted by Crippen LogP contribution is 2.27. The Kier molecular flexibility index (Phi) is 13.3. The molecule has 7 heteroatoms. The van der Waals surface area contributed by atoms with Gasteiger partial charge in [-0.2, -0.15) is 0 Å². The van der Waals surface area contributed by atoms with Gasteiger partial charge in [0.05, 0.1) is 0 Å². The molecule has 178 valence electrons. The van der Waals surface area contributed by atoms with E-state index in [2.05, 4.69) is 6.92 Å². The smallest absolute Gasteiger partial charge is 0.384 e. The summed E-state index contributed by atoms with van der Waals surface area (Å²) in [5.74, 6) is -3.77. The van der Waals surface area contributed by atoms with E-state index < -0.39 is 35.2 Å². The number of hydrogen-bond donors (Lipinski definition) is 0. The topological polar surface area (TPSA) is 96.0 Å². The van der Waals surface area contributed by atoms with Gasteiger partial charge in [-0.25, -0.2) is 4.79 Å². The van der Waals surface area contributed by atoms with Gasteiger partial charge < -0.3 is 14.2 Å². The van der Waals surface area contributed by atoms with Crippen molar-refractivity contribution in [3.8, 4) is 0 Å². The van der Waals surface area contributed by atoms with Crippen molar-refractivity contribution < 1.29 is 33.4 Å². The molecule has 0 amide bonds. The van der Waals surface area contributed by atoms with Crippen LogP contribution >= 0.6 is 0 Å². The minimum absolute atomic E-state index is 0.253. The quantitative estimate of drug-likeness (QED) is 0.176. The SMILES string of the molecule is CCCCCCCCCCCCCCCC(=O)OC[C@H](OC)[C@@]1(C)OC(=O)C(=O)C1=O. The Hall–Kier alpha value is -1.76. The third-order valence-corrected chi connectivity index (χ3v) is 5.93. The molecular formula is C24H40O7. The Morgan fingerprint density at radius 3 is 1.77 bits per heavy atom. The minimum atomic E-state index is -1.75. The number of esters is 2. The Morgan fingerprint density at radius 1 is 0.871 bits per heavy atom. The lowest BCUT2D eigenvalue weighted by molar-refractivity contribution is -0.172. The fourth-order valence-corrected chi connectivity index (χ4v) is 3.80. The fourth-order valence-electron chi connectivity index (χ4n) is 3.80. The van der Waals surface area contributed by atoms with Crippen LogP contribution < -0.4 is 0 Å². The number of ether oxygens (including phenoxy) is 3. The lowest BCUT2D eigenvalue weighted by atomic mass is 9.94. The van der Waals surface area contributed by atoms with Crippen LogP contribution in [0.25, 0.3) is 0 Å². The van der Waals surface area contributed by atoms with E-state index in [0.29, 0.717) is 0 Å². The van der Waals surface area contributed by atoms with Gasteiger partial charge >= 0.3 is 17.7 Å². The molecule has 0 saturated carbocycles. The Morgan fingerprint density at radius 2 is 1.35 bits per heavy atom. The minimum Gasteiger partial charge on any atom is -0.463 e. The molecular weight excluding hydrogens is 400 g/mol. The average Bonchev–Trinajstić information content (AvgIpc) is 2.95. The van der Waals surface area contributed by atoms with E-state index in [-0.39, 0.29) is 13.0 Å². The highest BCUT2D eigenvalue weighted by molar-refractivity contribution is 6.66. The maximum atomic E-state index is 12.0. The first-order chi connectivity index (χ1) is 14.9. The van der Waals surface area contributed by atoms with Gasteiger partial charge in [0.2, 0.25) is 5.60 Å². The summed E-state index contributed by atoms with van der Waals surface area (Å²) in [6.07, 6.45) is 15.2. The number of Topliss-reactive ketones (excluding diaryl/α,β-unsaturated/α-hetero) is 2. The molecule has 0 radical (unpaired) electrons. The second kappa shape index (κ2) is 15.1. The predicted molar refractivity (Wildman–Crippen MR) is 117 cm³/mol. The number of ketones is 2. The van der Waals surface area contributed by atoms with Crippen molar-refractivity contribution in [3.63, 3.8) is 0 Å². The molecule has 1 heterocycles. The van der Waals surface area contributed by atoms with Crippen LogP contribution in [0.1, 0.15) is 104 Å². The molecule has 0 aromatic heterocycles. The zero-order valence-corrected chi connectivity index (χ0v) is 19.5. The summed E-state index contributed by atoms with van der Waals surface area (Å²) in [7, 11) is 1.31. The molecule has 1 aliphatic heterocycles. The van der Waals surface area contributed by atoms with E-state index in [1.165, 1.54) is 78.2 Å². The number of unbranched alkanes of at least 4 members (excludes halogenated alkanes) is 12. The molecule has 0 aromatic rings. The maximum absolute atomic E-state index is 12.0. The van der Waals surface area contributed by atoms with Gasteiger partial charge in [-0.15, -0.1) is 0 Å². The van der Waals surface area contributed by atoms with Crippen molar-refractivity contribution in [2.24, 2.45) is 0 Å². The Labute approximate surface area is 186 Å². The molecule has 0 bridgehead atoms. The summed E-state index contributed by atoms with van der Waals surface area (Å²) in [6.45, 7) is 3.28. The molecule has 0 N–H and O–H groups in total. The number of hydrogen-bond acceptors (Lipinski definition) is 7. The van der Waals surface area contributed by atoms with Crippen LogP contribution in [0.3, 0.4) is 0 Å². The van der Waals surface area contributed by atoms with E-state index in [1.807, 2.05) is 0 Å². The van der Waals surface area contributed by atoms with Crippen LogP contribution in [0.2, 0.25) is 0 Å². The molecule has 0 spiro atoms. The van der Waals surface area contributed by atoms with Crippen LogP contribution in [0.5, 0.6) is 0 Å². The Balaban J connectivity index is 2.06. The molecule has 1 aliphatic rings. The number of methoxy groups -OCH3 is 1.